The lowest BCUT2D eigenvalue weighted by atomic mass is 10.1. The molecule has 0 heterocycles. The van der Waals surface area contributed by atoms with E-state index < -0.39 is 7.41 Å². The summed E-state index contributed by atoms with van der Waals surface area (Å²) in [5.74, 6) is 0. The van der Waals surface area contributed by atoms with Gasteiger partial charge in [0.2, 0.25) is 0 Å². The van der Waals surface area contributed by atoms with Crippen molar-refractivity contribution in [2.75, 3.05) is 0 Å². The van der Waals surface area contributed by atoms with E-state index in [1.165, 1.54) is 27.0 Å². The molecule has 0 fully saturated rings. The van der Waals surface area contributed by atoms with Crippen LogP contribution in [0.2, 0.25) is 0 Å². The highest BCUT2D eigenvalue weighted by molar-refractivity contribution is 7.94. The number of hydrogen-bond acceptors (Lipinski definition) is 1. The summed E-state index contributed by atoms with van der Waals surface area (Å²) in [7, 11) is -2.23. The molecule has 0 unspecified atom stereocenters. The fourth-order valence-electron chi connectivity index (χ4n) is 3.40. The molecule has 0 saturated heterocycles. The van der Waals surface area contributed by atoms with Gasteiger partial charge in [0.1, 0.15) is 15.9 Å². The highest BCUT2D eigenvalue weighted by Gasteiger charge is 2.43. The average molecular weight is 354 g/mol. The zero-order chi connectivity index (χ0) is 17.8. The molecule has 4 aromatic carbocycles. The molecule has 0 radical (unpaired) electrons. The molecule has 2 N–H and O–H groups in total. The van der Waals surface area contributed by atoms with Gasteiger partial charge in [0, 0.05) is 5.56 Å². The van der Waals surface area contributed by atoms with Gasteiger partial charge in [-0.05, 0) is 35.9 Å². The zero-order valence-electron chi connectivity index (χ0n) is 14.5. The largest absolute Gasteiger partial charge is 0.191 e. The van der Waals surface area contributed by atoms with Crippen LogP contribution in [-0.2, 0) is 0 Å². The lowest BCUT2D eigenvalue weighted by Gasteiger charge is -2.24. The molecule has 0 aliphatic carbocycles. The van der Waals surface area contributed by atoms with Gasteiger partial charge in [0.05, 0.1) is 0 Å². The van der Waals surface area contributed by atoms with Gasteiger partial charge in [0.25, 0.3) is 0 Å². The van der Waals surface area contributed by atoms with Gasteiger partial charge in [-0.2, -0.15) is 5.50 Å². The van der Waals surface area contributed by atoms with Crippen molar-refractivity contribution in [2.45, 2.75) is 0 Å². The van der Waals surface area contributed by atoms with Crippen molar-refractivity contribution in [3.63, 3.8) is 0 Å². The van der Waals surface area contributed by atoms with E-state index >= 15 is 0 Å². The van der Waals surface area contributed by atoms with E-state index in [0.29, 0.717) is 0 Å². The first-order chi connectivity index (χ1) is 12.8. The minimum atomic E-state index is -2.23. The van der Waals surface area contributed by atoms with Crippen molar-refractivity contribution in [2.24, 2.45) is 5.50 Å². The first-order valence-electron chi connectivity index (χ1n) is 8.74. The topological polar surface area (TPSA) is 26.0 Å². The van der Waals surface area contributed by atoms with Crippen LogP contribution in [0.5, 0.6) is 0 Å². The van der Waals surface area contributed by atoms with E-state index in [2.05, 4.69) is 97.1 Å². The Kier molecular flexibility index (Phi) is 4.67. The average Bonchev–Trinajstić information content (AvgIpc) is 2.75. The van der Waals surface area contributed by atoms with Crippen LogP contribution in [0.3, 0.4) is 0 Å². The minimum absolute atomic E-state index is 1.19. The summed E-state index contributed by atoms with van der Waals surface area (Å²) in [5.41, 5.74) is 9.72. The SMILES string of the molecule is N[P+](c1ccccc1)(c1ccccc1)c1ccccc1-c1ccccc1. The Morgan fingerprint density at radius 2 is 0.885 bits per heavy atom. The summed E-state index contributed by atoms with van der Waals surface area (Å²) in [6, 6.07) is 40.1. The first-order valence-corrected chi connectivity index (χ1v) is 10.6. The lowest BCUT2D eigenvalue weighted by Crippen LogP contribution is -2.37. The molecule has 4 rings (SSSR count). The Balaban J connectivity index is 2.01. The van der Waals surface area contributed by atoms with Crippen LogP contribution in [0, 0.1) is 0 Å². The Bertz CT molecular complexity index is 943. The summed E-state index contributed by atoms with van der Waals surface area (Å²) >= 11 is 0. The molecular weight excluding hydrogens is 333 g/mol. The highest BCUT2D eigenvalue weighted by atomic mass is 31.2. The van der Waals surface area contributed by atoms with Crippen LogP contribution >= 0.6 is 7.41 Å². The maximum atomic E-state index is 7.31. The summed E-state index contributed by atoms with van der Waals surface area (Å²) < 4.78 is 0. The van der Waals surface area contributed by atoms with Crippen molar-refractivity contribution >= 4 is 23.3 Å². The molecule has 2 heteroatoms. The van der Waals surface area contributed by atoms with Crippen LogP contribution in [0.15, 0.2) is 115 Å². The molecule has 0 atom stereocenters. The minimum Gasteiger partial charge on any atom is -0.191 e. The third kappa shape index (κ3) is 2.97. The molecule has 26 heavy (non-hydrogen) atoms. The van der Waals surface area contributed by atoms with Gasteiger partial charge >= 0.3 is 0 Å². The van der Waals surface area contributed by atoms with Gasteiger partial charge in [-0.25, -0.2) is 0 Å². The van der Waals surface area contributed by atoms with E-state index in [9.17, 15) is 0 Å². The van der Waals surface area contributed by atoms with Gasteiger partial charge in [0.15, 0.2) is 7.41 Å². The number of hydrogen-bond donors (Lipinski definition) is 1. The van der Waals surface area contributed by atoms with Crippen LogP contribution in [-0.4, -0.2) is 0 Å². The van der Waals surface area contributed by atoms with Gasteiger partial charge in [-0.1, -0.05) is 84.9 Å². The summed E-state index contributed by atoms with van der Waals surface area (Å²) in [6.07, 6.45) is 0. The standard InChI is InChI=1S/C24H21NP/c25-26(21-14-6-2-7-15-21,22-16-8-3-9-17-22)24-19-11-10-18-23(24)20-12-4-1-5-13-20/h1-19H,25H2/q+1. The molecule has 0 aliphatic heterocycles. The third-order valence-electron chi connectivity index (χ3n) is 4.70. The highest BCUT2D eigenvalue weighted by Crippen LogP contribution is 2.49. The molecule has 0 amide bonds. The van der Waals surface area contributed by atoms with Crippen molar-refractivity contribution in [3.05, 3.63) is 115 Å². The predicted octanol–water partition coefficient (Wildman–Crippen LogP) is 4.52. The Morgan fingerprint density at radius 3 is 1.42 bits per heavy atom. The molecule has 1 nitrogen and oxygen atoms in total. The maximum Gasteiger partial charge on any atom is 0.176 e. The summed E-state index contributed by atoms with van der Waals surface area (Å²) in [5, 5.41) is 3.59. The van der Waals surface area contributed by atoms with E-state index in [4.69, 9.17) is 5.50 Å². The second kappa shape index (κ2) is 7.25. The second-order valence-electron chi connectivity index (χ2n) is 6.28. The molecule has 0 saturated carbocycles. The molecule has 126 valence electrons. The molecular formula is C24H21NP+. The number of benzene rings is 4. The predicted molar refractivity (Wildman–Crippen MR) is 115 cm³/mol. The Hall–Kier alpha value is -2.73. The molecule has 0 spiro atoms. The van der Waals surface area contributed by atoms with Crippen molar-refractivity contribution < 1.29 is 0 Å². The van der Waals surface area contributed by atoms with Crippen LogP contribution in [0.25, 0.3) is 11.1 Å². The van der Waals surface area contributed by atoms with E-state index in [1.54, 1.807) is 0 Å². The van der Waals surface area contributed by atoms with Crippen molar-refractivity contribution in [1.29, 1.82) is 0 Å². The van der Waals surface area contributed by atoms with E-state index in [-0.39, 0.29) is 0 Å². The maximum absolute atomic E-state index is 7.31. The zero-order valence-corrected chi connectivity index (χ0v) is 15.4. The molecule has 0 aromatic heterocycles. The number of rotatable bonds is 4. The van der Waals surface area contributed by atoms with Gasteiger partial charge < -0.3 is 0 Å². The van der Waals surface area contributed by atoms with Gasteiger partial charge in [-0.3, -0.25) is 0 Å². The Morgan fingerprint density at radius 1 is 0.462 bits per heavy atom. The first kappa shape index (κ1) is 16.7. The lowest BCUT2D eigenvalue weighted by molar-refractivity contribution is 1.63. The fraction of sp³-hybridized carbons (Fsp3) is 0. The Labute approximate surface area is 155 Å². The van der Waals surface area contributed by atoms with Crippen LogP contribution in [0.1, 0.15) is 0 Å². The second-order valence-corrected chi connectivity index (χ2v) is 9.24. The van der Waals surface area contributed by atoms with Crippen molar-refractivity contribution in [1.82, 2.24) is 0 Å². The van der Waals surface area contributed by atoms with Crippen LogP contribution in [0.4, 0.5) is 0 Å². The normalized spacial score (nSPS) is 11.3. The third-order valence-corrected chi connectivity index (χ3v) is 8.07. The summed E-state index contributed by atoms with van der Waals surface area (Å²) in [6.45, 7) is 0. The molecule has 0 bridgehead atoms. The number of nitrogens with two attached hydrogens (primary N) is 1. The van der Waals surface area contributed by atoms with Crippen molar-refractivity contribution in [3.8, 4) is 11.1 Å². The monoisotopic (exact) mass is 354 g/mol. The molecule has 4 aromatic rings. The quantitative estimate of drug-likeness (QED) is 0.536. The summed E-state index contributed by atoms with van der Waals surface area (Å²) in [4.78, 5) is 0. The van der Waals surface area contributed by atoms with Crippen LogP contribution < -0.4 is 21.4 Å². The smallest absolute Gasteiger partial charge is 0.176 e. The van der Waals surface area contributed by atoms with Gasteiger partial charge in [-0.15, -0.1) is 0 Å². The molecule has 0 aliphatic rings. The van der Waals surface area contributed by atoms with E-state index in [1.807, 2.05) is 18.2 Å². The fourth-order valence-corrected chi connectivity index (χ4v) is 6.44. The van der Waals surface area contributed by atoms with E-state index in [0.717, 1.165) is 0 Å².